The summed E-state index contributed by atoms with van der Waals surface area (Å²) >= 11 is 0. The maximum absolute atomic E-state index is 11.7. The van der Waals surface area contributed by atoms with E-state index in [0.29, 0.717) is 11.3 Å². The predicted octanol–water partition coefficient (Wildman–Crippen LogP) is 2.53. The van der Waals surface area contributed by atoms with Crippen LogP contribution in [-0.2, 0) is 0 Å². The maximum Gasteiger partial charge on any atom is 0.251 e. The number of carbonyl (C=O) groups is 1. The van der Waals surface area contributed by atoms with Gasteiger partial charge in [0, 0.05) is 12.6 Å². The van der Waals surface area contributed by atoms with Crippen molar-refractivity contribution >= 4 is 17.3 Å². The molecule has 0 heterocycles. The van der Waals surface area contributed by atoms with Gasteiger partial charge in [-0.3, -0.25) is 10.2 Å². The summed E-state index contributed by atoms with van der Waals surface area (Å²) in [7, 11) is 1.59. The Morgan fingerprint density at radius 1 is 1.04 bits per heavy atom. The van der Waals surface area contributed by atoms with Crippen LogP contribution in [0.15, 0.2) is 53.6 Å². The minimum absolute atomic E-state index is 0.139. The number of hydrogen-bond acceptors (Lipinski definition) is 5. The number of carbonyl (C=O) groups excluding carboxylic acids is 1. The molecule has 0 spiro atoms. The van der Waals surface area contributed by atoms with Crippen molar-refractivity contribution in [3.8, 4) is 23.3 Å². The molecule has 2 aromatic rings. The number of amides is 1. The highest BCUT2D eigenvalue weighted by molar-refractivity contribution is 6.10. The van der Waals surface area contributed by atoms with Crippen molar-refractivity contribution in [1.82, 2.24) is 5.32 Å². The summed E-state index contributed by atoms with van der Waals surface area (Å²) in [5.74, 6) is -0.139. The van der Waals surface area contributed by atoms with Crippen molar-refractivity contribution in [2.45, 2.75) is 0 Å². The van der Waals surface area contributed by atoms with E-state index in [9.17, 15) is 4.79 Å². The second-order valence-corrected chi connectivity index (χ2v) is 4.53. The summed E-state index contributed by atoms with van der Waals surface area (Å²) in [6.45, 7) is 0. The van der Waals surface area contributed by atoms with E-state index in [4.69, 9.17) is 10.5 Å². The molecule has 23 heavy (non-hydrogen) atoms. The predicted molar refractivity (Wildman–Crippen MR) is 87.6 cm³/mol. The van der Waals surface area contributed by atoms with E-state index in [1.807, 2.05) is 30.3 Å². The standard InChI is InChI=1S/C17H13N5O/c1-20-17(23)14-4-2-3-13(9-14)12-5-7-15(8-6-12)21-22-16(10-18)11-19/h2-9,21H,1H3,(H,20,23). The van der Waals surface area contributed by atoms with E-state index in [-0.39, 0.29) is 11.6 Å². The quantitative estimate of drug-likeness (QED) is 0.669. The van der Waals surface area contributed by atoms with Gasteiger partial charge in [0.2, 0.25) is 5.71 Å². The van der Waals surface area contributed by atoms with Gasteiger partial charge in [0.05, 0.1) is 5.69 Å². The third-order valence-corrected chi connectivity index (χ3v) is 3.08. The Bertz CT molecular complexity index is 809. The Kier molecular flexibility index (Phi) is 5.06. The molecule has 2 N–H and O–H groups in total. The molecular weight excluding hydrogens is 290 g/mol. The molecule has 0 bridgehead atoms. The molecule has 0 aliphatic heterocycles. The fraction of sp³-hybridized carbons (Fsp3) is 0.0588. The largest absolute Gasteiger partial charge is 0.355 e. The zero-order chi connectivity index (χ0) is 16.7. The van der Waals surface area contributed by atoms with Crippen LogP contribution in [0.25, 0.3) is 11.1 Å². The number of nitriles is 2. The van der Waals surface area contributed by atoms with Crippen LogP contribution in [0.5, 0.6) is 0 Å². The lowest BCUT2D eigenvalue weighted by Crippen LogP contribution is -2.17. The molecule has 0 fully saturated rings. The first kappa shape index (κ1) is 15.7. The Hall–Kier alpha value is -3.64. The molecular formula is C17H13N5O. The smallest absolute Gasteiger partial charge is 0.251 e. The van der Waals surface area contributed by atoms with Crippen LogP contribution in [-0.4, -0.2) is 18.7 Å². The van der Waals surface area contributed by atoms with E-state index < -0.39 is 0 Å². The molecule has 0 aliphatic rings. The highest BCUT2D eigenvalue weighted by Gasteiger charge is 2.05. The second-order valence-electron chi connectivity index (χ2n) is 4.53. The lowest BCUT2D eigenvalue weighted by atomic mass is 10.0. The van der Waals surface area contributed by atoms with Crippen molar-refractivity contribution in [3.63, 3.8) is 0 Å². The number of rotatable bonds is 4. The van der Waals surface area contributed by atoms with Gasteiger partial charge in [0.15, 0.2) is 0 Å². The number of hydrogen-bond donors (Lipinski definition) is 2. The molecule has 0 unspecified atom stereocenters. The third-order valence-electron chi connectivity index (χ3n) is 3.08. The molecule has 6 heteroatoms. The molecule has 112 valence electrons. The minimum Gasteiger partial charge on any atom is -0.355 e. The maximum atomic E-state index is 11.7. The SMILES string of the molecule is CNC(=O)c1cccc(-c2ccc(NN=C(C#N)C#N)cc2)c1. The first-order valence-corrected chi connectivity index (χ1v) is 6.74. The van der Waals surface area contributed by atoms with Crippen molar-refractivity contribution < 1.29 is 4.79 Å². The Balaban J connectivity index is 2.20. The molecule has 1 amide bonds. The molecule has 0 aliphatic carbocycles. The first-order chi connectivity index (χ1) is 11.2. The average Bonchev–Trinajstić information content (AvgIpc) is 2.62. The van der Waals surface area contributed by atoms with Crippen LogP contribution >= 0.6 is 0 Å². The van der Waals surface area contributed by atoms with E-state index in [0.717, 1.165) is 11.1 Å². The zero-order valence-electron chi connectivity index (χ0n) is 12.4. The Morgan fingerprint density at radius 2 is 1.74 bits per heavy atom. The zero-order valence-corrected chi connectivity index (χ0v) is 12.4. The number of nitrogens with one attached hydrogen (secondary N) is 2. The van der Waals surface area contributed by atoms with Gasteiger partial charge in [-0.1, -0.05) is 24.3 Å². The summed E-state index contributed by atoms with van der Waals surface area (Å²) in [5, 5.41) is 23.5. The normalized spacial score (nSPS) is 9.17. The molecule has 0 saturated heterocycles. The average molecular weight is 303 g/mol. The molecule has 0 saturated carbocycles. The molecule has 0 aromatic heterocycles. The fourth-order valence-corrected chi connectivity index (χ4v) is 1.92. The van der Waals surface area contributed by atoms with Crippen molar-refractivity contribution in [2.24, 2.45) is 5.10 Å². The van der Waals surface area contributed by atoms with Gasteiger partial charge >= 0.3 is 0 Å². The van der Waals surface area contributed by atoms with Gasteiger partial charge in [-0.2, -0.15) is 15.6 Å². The molecule has 2 rings (SSSR count). The van der Waals surface area contributed by atoms with Gasteiger partial charge < -0.3 is 5.32 Å². The van der Waals surface area contributed by atoms with Crippen LogP contribution in [0.4, 0.5) is 5.69 Å². The van der Waals surface area contributed by atoms with Gasteiger partial charge in [-0.25, -0.2) is 0 Å². The molecule has 0 atom stereocenters. The van der Waals surface area contributed by atoms with E-state index >= 15 is 0 Å². The number of benzene rings is 2. The van der Waals surface area contributed by atoms with Gasteiger partial charge in [0.25, 0.3) is 5.91 Å². The van der Waals surface area contributed by atoms with Crippen molar-refractivity contribution in [2.75, 3.05) is 12.5 Å². The molecule has 0 radical (unpaired) electrons. The van der Waals surface area contributed by atoms with E-state index in [1.54, 1.807) is 37.4 Å². The topological polar surface area (TPSA) is 101 Å². The second kappa shape index (κ2) is 7.39. The first-order valence-electron chi connectivity index (χ1n) is 6.74. The van der Waals surface area contributed by atoms with Gasteiger partial charge in [-0.15, -0.1) is 0 Å². The monoisotopic (exact) mass is 303 g/mol. The summed E-state index contributed by atoms with van der Waals surface area (Å²) in [4.78, 5) is 11.7. The minimum atomic E-state index is -0.243. The number of hydrazone groups is 1. The van der Waals surface area contributed by atoms with Gasteiger partial charge in [0.1, 0.15) is 12.1 Å². The van der Waals surface area contributed by atoms with Crippen LogP contribution in [0.2, 0.25) is 0 Å². The van der Waals surface area contributed by atoms with Gasteiger partial charge in [-0.05, 0) is 35.4 Å². The third kappa shape index (κ3) is 3.93. The Morgan fingerprint density at radius 3 is 2.35 bits per heavy atom. The van der Waals surface area contributed by atoms with Crippen molar-refractivity contribution in [3.05, 3.63) is 54.1 Å². The van der Waals surface area contributed by atoms with Crippen LogP contribution in [0.3, 0.4) is 0 Å². The Labute approximate surface area is 133 Å². The summed E-state index contributed by atoms with van der Waals surface area (Å²) in [5.41, 5.74) is 5.49. The van der Waals surface area contributed by atoms with Crippen LogP contribution < -0.4 is 10.7 Å². The molecule has 2 aromatic carbocycles. The fourth-order valence-electron chi connectivity index (χ4n) is 1.92. The summed E-state index contributed by atoms with van der Waals surface area (Å²) in [6, 6.07) is 17.9. The highest BCUT2D eigenvalue weighted by Crippen LogP contribution is 2.22. The number of nitrogens with zero attached hydrogens (tertiary/aromatic N) is 3. The number of anilines is 1. The lowest BCUT2D eigenvalue weighted by Gasteiger charge is -2.06. The molecule has 6 nitrogen and oxygen atoms in total. The van der Waals surface area contributed by atoms with Crippen LogP contribution in [0, 0.1) is 22.7 Å². The van der Waals surface area contributed by atoms with Crippen LogP contribution in [0.1, 0.15) is 10.4 Å². The van der Waals surface area contributed by atoms with E-state index in [2.05, 4.69) is 15.8 Å². The lowest BCUT2D eigenvalue weighted by molar-refractivity contribution is 0.0963. The van der Waals surface area contributed by atoms with Crippen molar-refractivity contribution in [1.29, 1.82) is 10.5 Å². The highest BCUT2D eigenvalue weighted by atomic mass is 16.1. The van der Waals surface area contributed by atoms with E-state index in [1.165, 1.54) is 0 Å². The summed E-state index contributed by atoms with van der Waals surface area (Å²) < 4.78 is 0. The summed E-state index contributed by atoms with van der Waals surface area (Å²) in [6.07, 6.45) is 0.